The average molecular weight is 460 g/mol. The van der Waals surface area contributed by atoms with Crippen LogP contribution in [0.4, 0.5) is 13.2 Å². The van der Waals surface area contributed by atoms with Crippen LogP contribution in [0.5, 0.6) is 0 Å². The van der Waals surface area contributed by atoms with Gasteiger partial charge in [0.1, 0.15) is 0 Å². The monoisotopic (exact) mass is 459 g/mol. The number of carbonyl (C=O) groups is 2. The number of ether oxygens (including phenoxy) is 1. The number of alkyl halides is 3. The van der Waals surface area contributed by atoms with Gasteiger partial charge in [0.2, 0.25) is 5.91 Å². The molecule has 2 atom stereocenters. The van der Waals surface area contributed by atoms with Gasteiger partial charge >= 0.3 is 12.1 Å². The Morgan fingerprint density at radius 3 is 2.24 bits per heavy atom. The highest BCUT2D eigenvalue weighted by Gasteiger charge is 2.43. The lowest BCUT2D eigenvalue weighted by atomic mass is 9.69. The molecule has 2 aliphatic rings. The molecule has 1 N–H and O–H groups in total. The van der Waals surface area contributed by atoms with Gasteiger partial charge in [0.15, 0.2) is 0 Å². The van der Waals surface area contributed by atoms with Crippen LogP contribution < -0.4 is 5.32 Å². The molecule has 2 aromatic carbocycles. The van der Waals surface area contributed by atoms with E-state index in [9.17, 15) is 22.8 Å². The zero-order valence-electron chi connectivity index (χ0n) is 18.6. The van der Waals surface area contributed by atoms with Crippen molar-refractivity contribution in [1.82, 2.24) is 5.32 Å². The summed E-state index contributed by atoms with van der Waals surface area (Å²) >= 11 is 0. The largest absolute Gasteiger partial charge is 0.465 e. The van der Waals surface area contributed by atoms with E-state index in [1.54, 1.807) is 24.3 Å². The van der Waals surface area contributed by atoms with Gasteiger partial charge in [-0.25, -0.2) is 4.79 Å². The third-order valence-corrected chi connectivity index (χ3v) is 7.04. The van der Waals surface area contributed by atoms with Gasteiger partial charge in [-0.15, -0.1) is 0 Å². The standard InChI is InChI=1S/C26H28F3NO3/c1-33-25(32)18-9-7-16(8-10-18)19-11-12-20(22(15-19)26(27,28)29)23(17-5-3-2-4-6-17)21-13-14-30-24(21)31/h7-12,15,17,21,23H,2-6,13-14H2,1H3,(H,30,31). The lowest BCUT2D eigenvalue weighted by molar-refractivity contribution is -0.139. The SMILES string of the molecule is COC(=O)c1ccc(-c2ccc(C(C3CCCCC3)C3CCNC3=O)c(C(F)(F)F)c2)cc1. The lowest BCUT2D eigenvalue weighted by Gasteiger charge is -2.35. The Kier molecular flexibility index (Phi) is 6.77. The number of esters is 1. The summed E-state index contributed by atoms with van der Waals surface area (Å²) in [5, 5.41) is 2.82. The minimum absolute atomic E-state index is 0.0684. The summed E-state index contributed by atoms with van der Waals surface area (Å²) in [5.74, 6) is -1.45. The summed E-state index contributed by atoms with van der Waals surface area (Å²) in [6, 6.07) is 10.8. The number of hydrogen-bond acceptors (Lipinski definition) is 3. The van der Waals surface area contributed by atoms with Gasteiger partial charge in [0.05, 0.1) is 18.2 Å². The van der Waals surface area contributed by atoms with E-state index in [-0.39, 0.29) is 17.4 Å². The predicted octanol–water partition coefficient (Wildman–Crippen LogP) is 5.96. The zero-order valence-corrected chi connectivity index (χ0v) is 18.6. The molecule has 0 bridgehead atoms. The van der Waals surface area contributed by atoms with Crippen molar-refractivity contribution in [3.63, 3.8) is 0 Å². The Labute approximate surface area is 191 Å². The summed E-state index contributed by atoms with van der Waals surface area (Å²) in [4.78, 5) is 24.2. The van der Waals surface area contributed by atoms with Crippen molar-refractivity contribution in [1.29, 1.82) is 0 Å². The van der Waals surface area contributed by atoms with E-state index in [4.69, 9.17) is 0 Å². The Morgan fingerprint density at radius 1 is 1.00 bits per heavy atom. The number of carbonyl (C=O) groups excluding carboxylic acids is 2. The molecule has 1 aliphatic heterocycles. The van der Waals surface area contributed by atoms with Crippen LogP contribution in [-0.4, -0.2) is 25.5 Å². The van der Waals surface area contributed by atoms with Crippen molar-refractivity contribution in [2.45, 2.75) is 50.6 Å². The molecular weight excluding hydrogens is 431 g/mol. The number of amides is 1. The van der Waals surface area contributed by atoms with E-state index in [0.29, 0.717) is 29.7 Å². The smallest absolute Gasteiger partial charge is 0.416 e. The molecule has 4 rings (SSSR count). The molecule has 33 heavy (non-hydrogen) atoms. The van der Waals surface area contributed by atoms with Gasteiger partial charge in [-0.1, -0.05) is 43.5 Å². The third-order valence-electron chi connectivity index (χ3n) is 7.04. The molecule has 0 radical (unpaired) electrons. The van der Waals surface area contributed by atoms with Gasteiger partial charge in [0.25, 0.3) is 0 Å². The van der Waals surface area contributed by atoms with Crippen molar-refractivity contribution in [3.05, 3.63) is 59.2 Å². The molecule has 1 heterocycles. The maximum absolute atomic E-state index is 14.3. The molecule has 1 aliphatic carbocycles. The Balaban J connectivity index is 1.76. The summed E-state index contributed by atoms with van der Waals surface area (Å²) in [6.45, 7) is 0.513. The van der Waals surface area contributed by atoms with E-state index in [1.807, 2.05) is 0 Å². The normalized spacial score (nSPS) is 20.4. The van der Waals surface area contributed by atoms with Crippen molar-refractivity contribution in [2.75, 3.05) is 13.7 Å². The van der Waals surface area contributed by atoms with Gasteiger partial charge in [-0.2, -0.15) is 13.2 Å². The molecule has 1 saturated carbocycles. The second-order valence-corrected chi connectivity index (χ2v) is 8.98. The second-order valence-electron chi connectivity index (χ2n) is 8.98. The molecule has 7 heteroatoms. The quantitative estimate of drug-likeness (QED) is 0.562. The first kappa shape index (κ1) is 23.3. The molecule has 2 aromatic rings. The van der Waals surface area contributed by atoms with E-state index >= 15 is 0 Å². The minimum Gasteiger partial charge on any atom is -0.465 e. The highest BCUT2D eigenvalue weighted by molar-refractivity contribution is 5.90. The van der Waals surface area contributed by atoms with E-state index in [2.05, 4.69) is 10.1 Å². The molecule has 4 nitrogen and oxygen atoms in total. The van der Waals surface area contributed by atoms with Crippen molar-refractivity contribution >= 4 is 11.9 Å². The predicted molar refractivity (Wildman–Crippen MR) is 119 cm³/mol. The Bertz CT molecular complexity index is 1010. The average Bonchev–Trinajstić information content (AvgIpc) is 3.24. The lowest BCUT2D eigenvalue weighted by Crippen LogP contribution is -2.31. The molecule has 1 saturated heterocycles. The van der Waals surface area contributed by atoms with Gasteiger partial charge in [-0.3, -0.25) is 4.79 Å². The minimum atomic E-state index is -4.54. The first-order chi connectivity index (χ1) is 15.8. The Morgan fingerprint density at radius 2 is 1.67 bits per heavy atom. The molecule has 2 fully saturated rings. The molecule has 176 valence electrons. The first-order valence-electron chi connectivity index (χ1n) is 11.5. The summed E-state index contributed by atoms with van der Waals surface area (Å²) in [7, 11) is 1.28. The van der Waals surface area contributed by atoms with Crippen molar-refractivity contribution in [3.8, 4) is 11.1 Å². The highest BCUT2D eigenvalue weighted by atomic mass is 19.4. The van der Waals surface area contributed by atoms with Crippen molar-refractivity contribution < 1.29 is 27.5 Å². The maximum Gasteiger partial charge on any atom is 0.416 e. The van der Waals surface area contributed by atoms with Crippen LogP contribution in [0.15, 0.2) is 42.5 Å². The number of hydrogen-bond donors (Lipinski definition) is 1. The number of benzene rings is 2. The number of halogens is 3. The van der Waals surface area contributed by atoms with Gasteiger partial charge in [0, 0.05) is 12.5 Å². The van der Waals surface area contributed by atoms with Gasteiger partial charge < -0.3 is 10.1 Å². The van der Waals surface area contributed by atoms with Crippen LogP contribution in [0.2, 0.25) is 0 Å². The highest BCUT2D eigenvalue weighted by Crippen LogP contribution is 2.47. The molecule has 0 aromatic heterocycles. The molecular formula is C26H28F3NO3. The fourth-order valence-corrected chi connectivity index (χ4v) is 5.44. The number of methoxy groups -OCH3 is 1. The zero-order chi connectivity index (χ0) is 23.6. The number of rotatable bonds is 5. The van der Waals surface area contributed by atoms with Crippen LogP contribution in [-0.2, 0) is 15.7 Å². The summed E-state index contributed by atoms with van der Waals surface area (Å²) in [5.41, 5.74) is 0.880. The van der Waals surface area contributed by atoms with E-state index in [0.717, 1.165) is 32.1 Å². The molecule has 1 amide bonds. The van der Waals surface area contributed by atoms with E-state index < -0.39 is 29.5 Å². The van der Waals surface area contributed by atoms with Crippen LogP contribution in [0.25, 0.3) is 11.1 Å². The van der Waals surface area contributed by atoms with Crippen LogP contribution in [0, 0.1) is 11.8 Å². The molecule has 0 spiro atoms. The second kappa shape index (κ2) is 9.57. The summed E-state index contributed by atoms with van der Waals surface area (Å²) < 4.78 is 47.6. The van der Waals surface area contributed by atoms with Gasteiger partial charge in [-0.05, 0) is 66.0 Å². The van der Waals surface area contributed by atoms with Crippen LogP contribution >= 0.6 is 0 Å². The molecule has 2 unspecified atom stereocenters. The fraction of sp³-hybridized carbons (Fsp3) is 0.462. The number of nitrogens with one attached hydrogen (secondary N) is 1. The Hall–Kier alpha value is -2.83. The first-order valence-corrected chi connectivity index (χ1v) is 11.5. The van der Waals surface area contributed by atoms with Crippen LogP contribution in [0.1, 0.15) is 65.9 Å². The van der Waals surface area contributed by atoms with Crippen molar-refractivity contribution in [2.24, 2.45) is 11.8 Å². The van der Waals surface area contributed by atoms with E-state index in [1.165, 1.54) is 25.3 Å². The summed E-state index contributed by atoms with van der Waals surface area (Å²) in [6.07, 6.45) is 0.786. The third kappa shape index (κ3) is 4.92. The maximum atomic E-state index is 14.3. The van der Waals surface area contributed by atoms with Crippen LogP contribution in [0.3, 0.4) is 0 Å². The fourth-order valence-electron chi connectivity index (χ4n) is 5.44. The topological polar surface area (TPSA) is 55.4 Å².